The van der Waals surface area contributed by atoms with E-state index in [4.69, 9.17) is 5.73 Å². The van der Waals surface area contributed by atoms with Crippen LogP contribution in [-0.2, 0) is 0 Å². The van der Waals surface area contributed by atoms with Crippen LogP contribution in [0.5, 0.6) is 0 Å². The Hall–Kier alpha value is -1.07. The molecule has 0 saturated heterocycles. The highest BCUT2D eigenvalue weighted by Crippen LogP contribution is 2.31. The Morgan fingerprint density at radius 1 is 1.14 bits per heavy atom. The Kier molecular flexibility index (Phi) is 5.27. The van der Waals surface area contributed by atoms with Gasteiger partial charge in [0.15, 0.2) is 17.5 Å². The average Bonchev–Trinajstić information content (AvgIpc) is 2.46. The summed E-state index contributed by atoms with van der Waals surface area (Å²) in [5.74, 6) is -3.02. The largest absolute Gasteiger partial charge is 0.329 e. The molecule has 0 aromatic heterocycles. The van der Waals surface area contributed by atoms with Gasteiger partial charge in [-0.1, -0.05) is 6.92 Å². The van der Waals surface area contributed by atoms with Crippen molar-refractivity contribution in [1.29, 1.82) is 0 Å². The van der Waals surface area contributed by atoms with Crippen LogP contribution in [-0.4, -0.2) is 24.5 Å². The van der Waals surface area contributed by atoms with Crippen molar-refractivity contribution in [2.75, 3.05) is 13.6 Å². The zero-order valence-electron chi connectivity index (χ0n) is 12.6. The van der Waals surface area contributed by atoms with Crippen molar-refractivity contribution in [2.45, 2.75) is 44.7 Å². The van der Waals surface area contributed by atoms with Crippen molar-refractivity contribution in [3.63, 3.8) is 0 Å². The second-order valence-electron chi connectivity index (χ2n) is 6.13. The lowest BCUT2D eigenvalue weighted by atomic mass is 9.86. The van der Waals surface area contributed by atoms with Gasteiger partial charge in [0.1, 0.15) is 0 Å². The maximum atomic E-state index is 13.4. The molecular formula is C16H23F3N2. The minimum absolute atomic E-state index is 0.243. The van der Waals surface area contributed by atoms with Gasteiger partial charge in [-0.2, -0.15) is 0 Å². The van der Waals surface area contributed by atoms with Gasteiger partial charge in [0.05, 0.1) is 0 Å². The first-order valence-electron chi connectivity index (χ1n) is 7.50. The lowest BCUT2D eigenvalue weighted by Gasteiger charge is -2.38. The summed E-state index contributed by atoms with van der Waals surface area (Å²) in [5, 5.41) is 0. The molecule has 0 spiro atoms. The van der Waals surface area contributed by atoms with Gasteiger partial charge in [0, 0.05) is 18.6 Å². The van der Waals surface area contributed by atoms with Crippen LogP contribution in [0.1, 0.15) is 44.2 Å². The number of rotatable bonds is 4. The molecule has 0 amide bonds. The molecule has 0 bridgehead atoms. The number of likely N-dealkylation sites (N-methyl/N-ethyl adjacent to an activating group) is 1. The molecule has 1 fully saturated rings. The summed E-state index contributed by atoms with van der Waals surface area (Å²) in [4.78, 5) is 2.08. The Morgan fingerprint density at radius 3 is 2.14 bits per heavy atom. The van der Waals surface area contributed by atoms with E-state index in [1.54, 1.807) is 0 Å². The average molecular weight is 300 g/mol. The molecule has 1 aliphatic carbocycles. The van der Waals surface area contributed by atoms with Gasteiger partial charge in [0.2, 0.25) is 0 Å². The SMILES string of the molecule is CC1CCC(N(C)C(CN)c2cc(F)c(F)c(F)c2)CC1. The van der Waals surface area contributed by atoms with Gasteiger partial charge in [-0.15, -0.1) is 0 Å². The van der Waals surface area contributed by atoms with Gasteiger partial charge in [-0.3, -0.25) is 4.90 Å². The molecule has 1 aromatic rings. The highest BCUT2D eigenvalue weighted by molar-refractivity contribution is 5.23. The molecule has 0 radical (unpaired) electrons. The third-order valence-corrected chi connectivity index (χ3v) is 4.67. The van der Waals surface area contributed by atoms with E-state index in [0.717, 1.165) is 43.7 Å². The first kappa shape index (κ1) is 16.3. The molecule has 118 valence electrons. The fraction of sp³-hybridized carbons (Fsp3) is 0.625. The topological polar surface area (TPSA) is 29.3 Å². The molecule has 0 aliphatic heterocycles. The first-order chi connectivity index (χ1) is 9.93. The predicted octanol–water partition coefficient (Wildman–Crippen LogP) is 3.61. The van der Waals surface area contributed by atoms with E-state index in [1.165, 1.54) is 0 Å². The van der Waals surface area contributed by atoms with Crippen LogP contribution in [0.4, 0.5) is 13.2 Å². The molecule has 5 heteroatoms. The van der Waals surface area contributed by atoms with Crippen LogP contribution < -0.4 is 5.73 Å². The Balaban J connectivity index is 2.19. The molecule has 0 heterocycles. The highest BCUT2D eigenvalue weighted by atomic mass is 19.2. The predicted molar refractivity (Wildman–Crippen MR) is 77.3 cm³/mol. The van der Waals surface area contributed by atoms with Crippen molar-refractivity contribution in [2.24, 2.45) is 11.7 Å². The Morgan fingerprint density at radius 2 is 1.67 bits per heavy atom. The molecular weight excluding hydrogens is 277 g/mol. The summed E-state index contributed by atoms with van der Waals surface area (Å²) in [6.07, 6.45) is 4.41. The Bertz CT molecular complexity index is 461. The van der Waals surface area contributed by atoms with Gasteiger partial charge >= 0.3 is 0 Å². The standard InChI is InChI=1S/C16H23F3N2/c1-10-3-5-12(6-4-10)21(2)15(9-20)11-7-13(17)16(19)14(18)8-11/h7-8,10,12,15H,3-6,9,20H2,1-2H3. The van der Waals surface area contributed by atoms with Crippen molar-refractivity contribution in [3.8, 4) is 0 Å². The zero-order valence-corrected chi connectivity index (χ0v) is 12.6. The van der Waals surface area contributed by atoms with Crippen LogP contribution in [0.3, 0.4) is 0 Å². The van der Waals surface area contributed by atoms with Gasteiger partial charge in [-0.05, 0) is 56.3 Å². The lowest BCUT2D eigenvalue weighted by Crippen LogP contribution is -2.40. The number of halogens is 3. The molecule has 2 N–H and O–H groups in total. The van der Waals surface area contributed by atoms with Crippen molar-refractivity contribution < 1.29 is 13.2 Å². The van der Waals surface area contributed by atoms with Crippen LogP contribution >= 0.6 is 0 Å². The second kappa shape index (κ2) is 6.79. The fourth-order valence-corrected chi connectivity index (χ4v) is 3.21. The van der Waals surface area contributed by atoms with Crippen molar-refractivity contribution >= 4 is 0 Å². The van der Waals surface area contributed by atoms with Gasteiger partial charge in [0.25, 0.3) is 0 Å². The maximum Gasteiger partial charge on any atom is 0.194 e. The summed E-state index contributed by atoms with van der Waals surface area (Å²) in [6.45, 7) is 2.48. The number of hydrogen-bond acceptors (Lipinski definition) is 2. The monoisotopic (exact) mass is 300 g/mol. The number of hydrogen-bond donors (Lipinski definition) is 1. The van der Waals surface area contributed by atoms with Gasteiger partial charge in [-0.25, -0.2) is 13.2 Å². The van der Waals surface area contributed by atoms with E-state index >= 15 is 0 Å². The maximum absolute atomic E-state index is 13.4. The summed E-state index contributed by atoms with van der Waals surface area (Å²) >= 11 is 0. The zero-order chi connectivity index (χ0) is 15.6. The third-order valence-electron chi connectivity index (χ3n) is 4.67. The molecule has 1 saturated carbocycles. The minimum atomic E-state index is -1.43. The summed E-state index contributed by atoms with van der Waals surface area (Å²) in [7, 11) is 1.93. The van der Waals surface area contributed by atoms with E-state index < -0.39 is 17.5 Å². The smallest absolute Gasteiger partial charge is 0.194 e. The summed E-state index contributed by atoms with van der Waals surface area (Å²) in [5.41, 5.74) is 6.20. The normalized spacial score (nSPS) is 24.3. The molecule has 1 atom stereocenters. The third kappa shape index (κ3) is 3.58. The quantitative estimate of drug-likeness (QED) is 0.861. The van der Waals surface area contributed by atoms with E-state index in [-0.39, 0.29) is 12.6 Å². The number of benzene rings is 1. The molecule has 2 rings (SSSR count). The Labute approximate surface area is 124 Å². The van der Waals surface area contributed by atoms with E-state index in [1.807, 2.05) is 7.05 Å². The van der Waals surface area contributed by atoms with E-state index in [2.05, 4.69) is 11.8 Å². The van der Waals surface area contributed by atoms with Crippen LogP contribution in [0.15, 0.2) is 12.1 Å². The lowest BCUT2D eigenvalue weighted by molar-refractivity contribution is 0.126. The van der Waals surface area contributed by atoms with Gasteiger partial charge < -0.3 is 5.73 Å². The number of nitrogens with zero attached hydrogens (tertiary/aromatic N) is 1. The summed E-state index contributed by atoms with van der Waals surface area (Å²) < 4.78 is 39.9. The molecule has 1 aliphatic rings. The second-order valence-corrected chi connectivity index (χ2v) is 6.13. The van der Waals surface area contributed by atoms with Crippen LogP contribution in [0.2, 0.25) is 0 Å². The van der Waals surface area contributed by atoms with E-state index in [9.17, 15) is 13.2 Å². The highest BCUT2D eigenvalue weighted by Gasteiger charge is 2.28. The van der Waals surface area contributed by atoms with Crippen molar-refractivity contribution in [3.05, 3.63) is 35.1 Å². The molecule has 1 aromatic carbocycles. The number of nitrogens with two attached hydrogens (primary N) is 1. The molecule has 1 unspecified atom stereocenters. The minimum Gasteiger partial charge on any atom is -0.329 e. The molecule has 21 heavy (non-hydrogen) atoms. The fourth-order valence-electron chi connectivity index (χ4n) is 3.21. The summed E-state index contributed by atoms with van der Waals surface area (Å²) in [6, 6.07) is 2.16. The first-order valence-corrected chi connectivity index (χ1v) is 7.50. The van der Waals surface area contributed by atoms with Crippen LogP contribution in [0, 0.1) is 23.4 Å². The molecule has 2 nitrogen and oxygen atoms in total. The van der Waals surface area contributed by atoms with Crippen molar-refractivity contribution in [1.82, 2.24) is 4.90 Å². The van der Waals surface area contributed by atoms with Crippen LogP contribution in [0.25, 0.3) is 0 Å². The van der Waals surface area contributed by atoms with E-state index in [0.29, 0.717) is 11.6 Å².